The molecule has 1 aromatic heterocycles. The average Bonchev–Trinajstić information content (AvgIpc) is 2.36. The van der Waals surface area contributed by atoms with Gasteiger partial charge in [0.2, 0.25) is 5.95 Å². The van der Waals surface area contributed by atoms with E-state index < -0.39 is 0 Å². The summed E-state index contributed by atoms with van der Waals surface area (Å²) in [4.78, 5) is 14.7. The van der Waals surface area contributed by atoms with Crippen LogP contribution in [0.1, 0.15) is 0 Å². The summed E-state index contributed by atoms with van der Waals surface area (Å²) >= 11 is 0. The minimum Gasteiger partial charge on any atom is -0.336 e. The molecule has 0 amide bonds. The molecule has 1 aliphatic heterocycles. The molecule has 0 spiro atoms. The third kappa shape index (κ3) is 0.570. The van der Waals surface area contributed by atoms with Crippen molar-refractivity contribution in [3.05, 3.63) is 22.6 Å². The quantitative estimate of drug-likeness (QED) is 0.480. The molecule has 0 fully saturated rings. The zero-order valence-corrected chi connectivity index (χ0v) is 5.09. The lowest BCUT2D eigenvalue weighted by molar-refractivity contribution is 0.886. The molecule has 2 heterocycles. The standard InChI is InChI=1S/C5H5N4O/c10-4-1-2-6-5-7-3-8-9(4)5/h2,8H,3H2,(H,6,7). The van der Waals surface area contributed by atoms with Gasteiger partial charge in [-0.15, -0.1) is 0 Å². The fourth-order valence-corrected chi connectivity index (χ4v) is 0.836. The molecule has 1 radical (unpaired) electrons. The van der Waals surface area contributed by atoms with Gasteiger partial charge >= 0.3 is 0 Å². The Kier molecular flexibility index (Phi) is 0.913. The van der Waals surface area contributed by atoms with Gasteiger partial charge in [-0.1, -0.05) is 0 Å². The lowest BCUT2D eigenvalue weighted by Gasteiger charge is -1.96. The average molecular weight is 137 g/mol. The van der Waals surface area contributed by atoms with Gasteiger partial charge in [-0.05, 0) is 0 Å². The third-order valence-corrected chi connectivity index (χ3v) is 1.27. The molecule has 0 aromatic carbocycles. The molecule has 0 saturated carbocycles. The van der Waals surface area contributed by atoms with Crippen LogP contribution in [-0.2, 0) is 0 Å². The highest BCUT2D eigenvalue weighted by molar-refractivity contribution is 5.30. The lowest BCUT2D eigenvalue weighted by Crippen LogP contribution is -2.23. The highest BCUT2D eigenvalue weighted by Crippen LogP contribution is 1.98. The predicted molar refractivity (Wildman–Crippen MR) is 35.2 cm³/mol. The molecule has 5 nitrogen and oxygen atoms in total. The highest BCUT2D eigenvalue weighted by atomic mass is 16.1. The van der Waals surface area contributed by atoms with Crippen LogP contribution in [0.25, 0.3) is 0 Å². The van der Waals surface area contributed by atoms with E-state index in [4.69, 9.17) is 0 Å². The molecule has 0 saturated heterocycles. The largest absolute Gasteiger partial charge is 0.336 e. The van der Waals surface area contributed by atoms with E-state index in [0.29, 0.717) is 12.6 Å². The van der Waals surface area contributed by atoms with Crippen LogP contribution in [0.3, 0.4) is 0 Å². The maximum Gasteiger partial charge on any atom is 0.281 e. The van der Waals surface area contributed by atoms with Gasteiger partial charge in [0.1, 0.15) is 6.67 Å². The first-order valence-corrected chi connectivity index (χ1v) is 2.85. The molecule has 2 rings (SSSR count). The summed E-state index contributed by atoms with van der Waals surface area (Å²) in [6, 6.07) is 2.43. The fourth-order valence-electron chi connectivity index (χ4n) is 0.836. The maximum atomic E-state index is 10.9. The van der Waals surface area contributed by atoms with Crippen molar-refractivity contribution in [1.29, 1.82) is 0 Å². The van der Waals surface area contributed by atoms with E-state index in [1.165, 1.54) is 10.9 Å². The Morgan fingerprint density at radius 1 is 1.80 bits per heavy atom. The second-order valence-corrected chi connectivity index (χ2v) is 1.88. The summed E-state index contributed by atoms with van der Waals surface area (Å²) in [5.74, 6) is 0.545. The molecule has 0 atom stereocenters. The first-order chi connectivity index (χ1) is 4.88. The molecule has 2 N–H and O–H groups in total. The molecular formula is C5H5N4O. The topological polar surface area (TPSA) is 59.0 Å². The van der Waals surface area contributed by atoms with E-state index in [-0.39, 0.29) is 5.56 Å². The summed E-state index contributed by atoms with van der Waals surface area (Å²) in [5, 5.41) is 2.86. The maximum absolute atomic E-state index is 10.9. The van der Waals surface area contributed by atoms with Crippen molar-refractivity contribution < 1.29 is 0 Å². The van der Waals surface area contributed by atoms with Gasteiger partial charge in [0.15, 0.2) is 0 Å². The summed E-state index contributed by atoms with van der Waals surface area (Å²) in [5.41, 5.74) is 2.55. The Hall–Kier alpha value is -1.52. The fraction of sp³-hybridized carbons (Fsp3) is 0.200. The third-order valence-electron chi connectivity index (χ3n) is 1.27. The van der Waals surface area contributed by atoms with E-state index in [2.05, 4.69) is 21.8 Å². The van der Waals surface area contributed by atoms with E-state index in [0.717, 1.165) is 0 Å². The number of hydrogen-bond donors (Lipinski definition) is 2. The number of nitrogens with zero attached hydrogens (tertiary/aromatic N) is 2. The number of anilines is 1. The van der Waals surface area contributed by atoms with Crippen molar-refractivity contribution in [2.45, 2.75) is 0 Å². The number of aromatic nitrogens is 2. The molecule has 0 unspecified atom stereocenters. The highest BCUT2D eigenvalue weighted by Gasteiger charge is 2.08. The zero-order valence-electron chi connectivity index (χ0n) is 5.09. The van der Waals surface area contributed by atoms with Crippen molar-refractivity contribution in [2.24, 2.45) is 0 Å². The molecule has 0 bridgehead atoms. The predicted octanol–water partition coefficient (Wildman–Crippen LogP) is -1.03. The molecule has 10 heavy (non-hydrogen) atoms. The van der Waals surface area contributed by atoms with Crippen LogP contribution in [-0.4, -0.2) is 16.3 Å². The van der Waals surface area contributed by atoms with E-state index in [1.807, 2.05) is 0 Å². The molecule has 1 aromatic rings. The molecule has 1 aliphatic rings. The minimum absolute atomic E-state index is 0.213. The van der Waals surface area contributed by atoms with Crippen LogP contribution in [0.5, 0.6) is 0 Å². The van der Waals surface area contributed by atoms with Crippen LogP contribution < -0.4 is 16.3 Å². The Morgan fingerprint density at radius 3 is 3.50 bits per heavy atom. The van der Waals surface area contributed by atoms with E-state index >= 15 is 0 Å². The van der Waals surface area contributed by atoms with Gasteiger partial charge in [-0.3, -0.25) is 4.79 Å². The second-order valence-electron chi connectivity index (χ2n) is 1.88. The lowest BCUT2D eigenvalue weighted by atomic mass is 10.6. The van der Waals surface area contributed by atoms with Gasteiger partial charge in [0.05, 0.1) is 6.07 Å². The van der Waals surface area contributed by atoms with Crippen LogP contribution in [0.4, 0.5) is 5.95 Å². The number of hydrogen-bond acceptors (Lipinski definition) is 4. The van der Waals surface area contributed by atoms with Gasteiger partial charge in [-0.25, -0.2) is 4.98 Å². The summed E-state index contributed by atoms with van der Waals surface area (Å²) < 4.78 is 1.32. The van der Waals surface area contributed by atoms with Gasteiger partial charge < -0.3 is 10.7 Å². The van der Waals surface area contributed by atoms with Crippen LogP contribution in [0.2, 0.25) is 0 Å². The monoisotopic (exact) mass is 137 g/mol. The van der Waals surface area contributed by atoms with Crippen LogP contribution in [0.15, 0.2) is 11.0 Å². The van der Waals surface area contributed by atoms with Crippen molar-refractivity contribution in [1.82, 2.24) is 9.66 Å². The number of fused-ring (bicyclic) bond motifs is 1. The molecule has 5 heteroatoms. The minimum atomic E-state index is -0.213. The zero-order chi connectivity index (χ0) is 6.97. The Labute approximate surface area is 56.7 Å². The van der Waals surface area contributed by atoms with Crippen molar-refractivity contribution in [2.75, 3.05) is 17.4 Å². The Morgan fingerprint density at radius 2 is 2.70 bits per heavy atom. The van der Waals surface area contributed by atoms with Gasteiger partial charge in [0.25, 0.3) is 5.56 Å². The SMILES string of the molecule is O=c1[c]cnc2n1NCN2. The van der Waals surface area contributed by atoms with E-state index in [9.17, 15) is 4.79 Å². The van der Waals surface area contributed by atoms with Gasteiger partial charge in [0, 0.05) is 6.20 Å². The molecule has 0 aliphatic carbocycles. The molecular weight excluding hydrogens is 132 g/mol. The van der Waals surface area contributed by atoms with Crippen molar-refractivity contribution in [3.63, 3.8) is 0 Å². The summed E-state index contributed by atoms with van der Waals surface area (Å²) in [7, 11) is 0. The second kappa shape index (κ2) is 1.73. The van der Waals surface area contributed by atoms with Crippen molar-refractivity contribution >= 4 is 5.95 Å². The smallest absolute Gasteiger partial charge is 0.281 e. The normalized spacial score (nSPS) is 13.6. The first kappa shape index (κ1) is 5.28. The number of rotatable bonds is 0. The van der Waals surface area contributed by atoms with Crippen LogP contribution in [0, 0.1) is 6.07 Å². The Balaban J connectivity index is 2.70. The Bertz CT molecular complexity index is 305. The first-order valence-electron chi connectivity index (χ1n) is 2.85. The number of nitrogens with one attached hydrogen (secondary N) is 2. The molecule has 51 valence electrons. The summed E-state index contributed by atoms with van der Waals surface area (Å²) in [6.45, 7) is 0.542. The van der Waals surface area contributed by atoms with Crippen molar-refractivity contribution in [3.8, 4) is 0 Å². The van der Waals surface area contributed by atoms with Crippen LogP contribution >= 0.6 is 0 Å². The van der Waals surface area contributed by atoms with E-state index in [1.54, 1.807) is 0 Å². The summed E-state index contributed by atoms with van der Waals surface area (Å²) in [6.07, 6.45) is 1.36. The van der Waals surface area contributed by atoms with Gasteiger partial charge in [-0.2, -0.15) is 4.68 Å².